The van der Waals surface area contributed by atoms with Crippen molar-refractivity contribution in [3.8, 4) is 0 Å². The summed E-state index contributed by atoms with van der Waals surface area (Å²) < 4.78 is 5.23. The number of hydrogen-bond acceptors (Lipinski definition) is 9. The molecule has 2 aromatic carbocycles. The van der Waals surface area contributed by atoms with Gasteiger partial charge in [0.25, 0.3) is 5.91 Å². The lowest BCUT2D eigenvalue weighted by Crippen LogP contribution is -2.12. The fourth-order valence-corrected chi connectivity index (χ4v) is 4.79. The summed E-state index contributed by atoms with van der Waals surface area (Å²) in [5, 5.41) is 15.8. The Labute approximate surface area is 204 Å². The van der Waals surface area contributed by atoms with Crippen molar-refractivity contribution in [1.29, 1.82) is 0 Å². The lowest BCUT2D eigenvalue weighted by Gasteiger charge is -2.07. The molecule has 0 saturated heterocycles. The summed E-state index contributed by atoms with van der Waals surface area (Å²) in [5.74, 6) is -0.846. The van der Waals surface area contributed by atoms with Crippen LogP contribution in [0.2, 0.25) is 0 Å². The van der Waals surface area contributed by atoms with E-state index in [4.69, 9.17) is 4.74 Å². The molecule has 172 valence electrons. The highest BCUT2D eigenvalue weighted by molar-refractivity contribution is 7.20. The number of thiophene rings is 1. The topological polar surface area (TPSA) is 105 Å². The molecule has 10 heteroatoms. The molecule has 0 radical (unpaired) electrons. The number of hydrogen-bond donors (Lipinski definition) is 2. The highest BCUT2D eigenvalue weighted by atomic mass is 32.1. The van der Waals surface area contributed by atoms with Crippen LogP contribution in [0.4, 0.5) is 26.5 Å². The summed E-state index contributed by atoms with van der Waals surface area (Å²) in [4.78, 5) is 30.3. The predicted molar refractivity (Wildman–Crippen MR) is 135 cm³/mol. The summed E-state index contributed by atoms with van der Waals surface area (Å²) in [6, 6.07) is 18.8. The van der Waals surface area contributed by atoms with Crippen molar-refractivity contribution < 1.29 is 14.3 Å². The van der Waals surface area contributed by atoms with Gasteiger partial charge in [0.15, 0.2) is 10.1 Å². The Morgan fingerprint density at radius 1 is 1.00 bits per heavy atom. The van der Waals surface area contributed by atoms with E-state index in [1.54, 1.807) is 20.0 Å². The molecule has 0 atom stereocenters. The van der Waals surface area contributed by atoms with Gasteiger partial charge in [0.2, 0.25) is 0 Å². The lowest BCUT2D eigenvalue weighted by atomic mass is 10.1. The van der Waals surface area contributed by atoms with Crippen LogP contribution in [0.3, 0.4) is 0 Å². The number of para-hydroxylation sites is 1. The Morgan fingerprint density at radius 2 is 1.71 bits per heavy atom. The molecule has 1 amide bonds. The minimum absolute atomic E-state index is 0.236. The van der Waals surface area contributed by atoms with Gasteiger partial charge in [-0.25, -0.2) is 9.78 Å². The minimum atomic E-state index is -0.480. The number of esters is 1. The van der Waals surface area contributed by atoms with Gasteiger partial charge >= 0.3 is 5.97 Å². The third-order valence-electron chi connectivity index (χ3n) is 4.60. The molecule has 2 heterocycles. The second kappa shape index (κ2) is 10.8. The second-order valence-electron chi connectivity index (χ2n) is 6.97. The van der Waals surface area contributed by atoms with Gasteiger partial charge < -0.3 is 10.1 Å². The van der Waals surface area contributed by atoms with Crippen molar-refractivity contribution in [2.45, 2.75) is 13.8 Å². The van der Waals surface area contributed by atoms with E-state index >= 15 is 0 Å². The van der Waals surface area contributed by atoms with Gasteiger partial charge in [-0.15, -0.1) is 21.6 Å². The molecule has 0 aliphatic rings. The van der Waals surface area contributed by atoms with E-state index < -0.39 is 5.97 Å². The Kier molecular flexibility index (Phi) is 7.41. The first-order valence-electron chi connectivity index (χ1n) is 10.4. The quantitative estimate of drug-likeness (QED) is 0.202. The first-order valence-corrected chi connectivity index (χ1v) is 12.0. The minimum Gasteiger partial charge on any atom is -0.462 e. The van der Waals surface area contributed by atoms with Crippen LogP contribution in [0.5, 0.6) is 0 Å². The third kappa shape index (κ3) is 5.53. The van der Waals surface area contributed by atoms with Gasteiger partial charge in [-0.3, -0.25) is 10.1 Å². The number of rotatable bonds is 8. The molecule has 8 nitrogen and oxygen atoms in total. The number of ether oxygens (including phenoxy) is 1. The summed E-state index contributed by atoms with van der Waals surface area (Å²) in [5.41, 5.74) is 2.41. The van der Waals surface area contributed by atoms with E-state index in [-0.39, 0.29) is 12.5 Å². The molecule has 4 aromatic rings. The van der Waals surface area contributed by atoms with Crippen LogP contribution in [-0.2, 0) is 4.74 Å². The second-order valence-corrected chi connectivity index (χ2v) is 8.99. The van der Waals surface area contributed by atoms with E-state index in [2.05, 4.69) is 25.8 Å². The van der Waals surface area contributed by atoms with Crippen LogP contribution in [0.15, 0.2) is 77.1 Å². The van der Waals surface area contributed by atoms with Crippen molar-refractivity contribution in [3.05, 3.63) is 82.9 Å². The SMILES string of the molecule is CCOC(=O)c1c(Nc2ccccc2)sc(C(=O)Nc2ncc(N=Nc3ccccc3)s2)c1C. The van der Waals surface area contributed by atoms with E-state index in [1.807, 2.05) is 60.7 Å². The maximum atomic E-state index is 13.1. The number of nitrogens with one attached hydrogen (secondary N) is 2. The fraction of sp³-hybridized carbons (Fsp3) is 0.125. The molecule has 0 bridgehead atoms. The van der Waals surface area contributed by atoms with Crippen molar-refractivity contribution in [1.82, 2.24) is 4.98 Å². The highest BCUT2D eigenvalue weighted by Crippen LogP contribution is 2.37. The molecule has 4 rings (SSSR count). The summed E-state index contributed by atoms with van der Waals surface area (Å²) >= 11 is 2.39. The fourth-order valence-electron chi connectivity index (χ4n) is 3.04. The van der Waals surface area contributed by atoms with Crippen LogP contribution in [0.25, 0.3) is 0 Å². The number of nitrogens with zero attached hydrogens (tertiary/aromatic N) is 3. The van der Waals surface area contributed by atoms with Crippen LogP contribution < -0.4 is 10.6 Å². The van der Waals surface area contributed by atoms with Gasteiger partial charge in [-0.05, 0) is 43.7 Å². The maximum absolute atomic E-state index is 13.1. The Morgan fingerprint density at radius 3 is 2.41 bits per heavy atom. The number of aromatic nitrogens is 1. The average molecular weight is 492 g/mol. The summed E-state index contributed by atoms with van der Waals surface area (Å²) in [7, 11) is 0. The molecular weight excluding hydrogens is 470 g/mol. The van der Waals surface area contributed by atoms with Crippen molar-refractivity contribution in [2.24, 2.45) is 10.2 Å². The number of anilines is 3. The maximum Gasteiger partial charge on any atom is 0.341 e. The highest BCUT2D eigenvalue weighted by Gasteiger charge is 2.26. The molecule has 2 aromatic heterocycles. The Balaban J connectivity index is 1.55. The Hall–Kier alpha value is -3.89. The average Bonchev–Trinajstić information content (AvgIpc) is 3.43. The van der Waals surface area contributed by atoms with Crippen molar-refractivity contribution in [3.63, 3.8) is 0 Å². The number of thiazole rings is 1. The smallest absolute Gasteiger partial charge is 0.341 e. The van der Waals surface area contributed by atoms with Crippen LogP contribution in [-0.4, -0.2) is 23.5 Å². The van der Waals surface area contributed by atoms with Gasteiger partial charge in [-0.1, -0.05) is 47.7 Å². The van der Waals surface area contributed by atoms with E-state index in [1.165, 1.54) is 22.7 Å². The van der Waals surface area contributed by atoms with Crippen molar-refractivity contribution >= 4 is 61.1 Å². The van der Waals surface area contributed by atoms with Crippen LogP contribution in [0, 0.1) is 6.92 Å². The molecule has 0 aliphatic heterocycles. The number of carbonyl (C=O) groups excluding carboxylic acids is 2. The molecule has 0 aliphatic carbocycles. The lowest BCUT2D eigenvalue weighted by molar-refractivity contribution is 0.0527. The number of azo groups is 1. The summed E-state index contributed by atoms with van der Waals surface area (Å²) in [6.45, 7) is 3.71. The molecule has 0 spiro atoms. The van der Waals surface area contributed by atoms with E-state index in [0.717, 1.165) is 11.4 Å². The van der Waals surface area contributed by atoms with Crippen LogP contribution >= 0.6 is 22.7 Å². The Bertz CT molecular complexity index is 1320. The number of carbonyl (C=O) groups is 2. The monoisotopic (exact) mass is 491 g/mol. The van der Waals surface area contributed by atoms with Crippen LogP contribution in [0.1, 0.15) is 32.5 Å². The molecule has 0 fully saturated rings. The standard InChI is InChI=1S/C24H21N5O3S2/c1-3-32-23(31)19-15(2)20(34-22(19)26-16-10-6-4-7-11-16)21(30)27-24-25-14-18(33-24)29-28-17-12-8-5-9-13-17/h4-14,26H,3H2,1-2H3,(H,25,27,30). The number of benzene rings is 2. The predicted octanol–water partition coefficient (Wildman–Crippen LogP) is 7.10. The normalized spacial score (nSPS) is 10.9. The molecule has 0 saturated carbocycles. The first-order chi connectivity index (χ1) is 16.5. The van der Waals surface area contributed by atoms with Gasteiger partial charge in [0.05, 0.1) is 28.9 Å². The first kappa shape index (κ1) is 23.3. The molecular formula is C24H21N5O3S2. The molecule has 34 heavy (non-hydrogen) atoms. The zero-order chi connectivity index (χ0) is 23.9. The van der Waals surface area contributed by atoms with E-state index in [9.17, 15) is 9.59 Å². The van der Waals surface area contributed by atoms with Gasteiger partial charge in [0.1, 0.15) is 5.00 Å². The third-order valence-corrected chi connectivity index (χ3v) is 6.60. The largest absolute Gasteiger partial charge is 0.462 e. The van der Waals surface area contributed by atoms with Gasteiger partial charge in [-0.2, -0.15) is 0 Å². The van der Waals surface area contributed by atoms with Gasteiger partial charge in [0, 0.05) is 5.69 Å². The number of amides is 1. The van der Waals surface area contributed by atoms with E-state index in [0.29, 0.717) is 31.1 Å². The molecule has 2 N–H and O–H groups in total. The molecule has 0 unspecified atom stereocenters. The summed E-state index contributed by atoms with van der Waals surface area (Å²) in [6.07, 6.45) is 1.54. The zero-order valence-electron chi connectivity index (χ0n) is 18.4. The van der Waals surface area contributed by atoms with Crippen molar-refractivity contribution in [2.75, 3.05) is 17.2 Å². The zero-order valence-corrected chi connectivity index (χ0v) is 20.1.